The van der Waals surface area contributed by atoms with Gasteiger partial charge in [-0.1, -0.05) is 41.4 Å². The molecule has 3 aromatic rings. The van der Waals surface area contributed by atoms with Crippen LogP contribution in [0.25, 0.3) is 0 Å². The van der Waals surface area contributed by atoms with E-state index in [1.165, 1.54) is 11.5 Å². The van der Waals surface area contributed by atoms with E-state index in [2.05, 4.69) is 5.32 Å². The summed E-state index contributed by atoms with van der Waals surface area (Å²) in [5, 5.41) is 4.06. The van der Waals surface area contributed by atoms with Crippen LogP contribution in [0.4, 0.5) is 5.69 Å². The number of aromatic nitrogens is 1. The predicted octanol–water partition coefficient (Wildman–Crippen LogP) is 4.86. The average molecular weight is 426 g/mol. The molecule has 1 atom stereocenters. The van der Waals surface area contributed by atoms with Crippen molar-refractivity contribution in [2.45, 2.75) is 19.4 Å². The lowest BCUT2D eigenvalue weighted by Gasteiger charge is -2.12. The van der Waals surface area contributed by atoms with Gasteiger partial charge in [-0.2, -0.15) is 0 Å². The van der Waals surface area contributed by atoms with Gasteiger partial charge in [0.1, 0.15) is 6.04 Å². The first kappa shape index (κ1) is 19.4. The molecule has 1 N–H and O–H groups in total. The van der Waals surface area contributed by atoms with Crippen LogP contribution in [-0.4, -0.2) is 28.1 Å². The lowest BCUT2D eigenvalue weighted by Crippen LogP contribution is -2.27. The molecule has 1 amide bonds. The summed E-state index contributed by atoms with van der Waals surface area (Å²) in [6.07, 6.45) is 3.73. The second-order valence-corrected chi connectivity index (χ2v) is 7.64. The number of benzodiazepines with no additional fused rings is 1. The number of nitrogens with zero attached hydrogens (tertiary/aromatic N) is 2. The maximum Gasteiger partial charge on any atom is 0.249 e. The Morgan fingerprint density at radius 3 is 2.69 bits per heavy atom. The Hall–Kier alpha value is -2.89. The summed E-state index contributed by atoms with van der Waals surface area (Å²) in [6.45, 7) is 1.48. The van der Waals surface area contributed by atoms with Crippen molar-refractivity contribution in [3.05, 3.63) is 87.7 Å². The summed E-state index contributed by atoms with van der Waals surface area (Å²) in [4.78, 5) is 29.4. The van der Waals surface area contributed by atoms with Gasteiger partial charge in [0.25, 0.3) is 0 Å². The first-order valence-electron chi connectivity index (χ1n) is 9.03. The lowest BCUT2D eigenvalue weighted by atomic mass is 10.0. The quantitative estimate of drug-likeness (QED) is 0.651. The summed E-state index contributed by atoms with van der Waals surface area (Å²) in [5.74, 6) is -0.340. The summed E-state index contributed by atoms with van der Waals surface area (Å²) in [7, 11) is 0. The molecular weight excluding hydrogens is 409 g/mol. The maximum atomic E-state index is 12.9. The van der Waals surface area contributed by atoms with Crippen molar-refractivity contribution in [3.8, 4) is 0 Å². The van der Waals surface area contributed by atoms with E-state index in [0.29, 0.717) is 33.4 Å². The molecule has 4 rings (SSSR count). The molecule has 0 aliphatic carbocycles. The van der Waals surface area contributed by atoms with E-state index in [4.69, 9.17) is 28.2 Å². The molecule has 7 heteroatoms. The molecule has 29 heavy (non-hydrogen) atoms. The zero-order chi connectivity index (χ0) is 20.5. The van der Waals surface area contributed by atoms with Gasteiger partial charge in [0.05, 0.1) is 11.4 Å². The number of rotatable bonds is 3. The molecular formula is C22H17Cl2N3O2. The molecule has 1 aromatic heterocycles. The molecule has 0 saturated carbocycles. The Bertz CT molecular complexity index is 1150. The molecule has 0 fully saturated rings. The summed E-state index contributed by atoms with van der Waals surface area (Å²) < 4.78 is 1.48. The lowest BCUT2D eigenvalue weighted by molar-refractivity contribution is -0.117. The van der Waals surface area contributed by atoms with Crippen LogP contribution in [0.3, 0.4) is 0 Å². The number of hydrogen-bond donors (Lipinski definition) is 1. The fourth-order valence-electron chi connectivity index (χ4n) is 3.29. The minimum Gasteiger partial charge on any atom is -0.324 e. The van der Waals surface area contributed by atoms with Crippen molar-refractivity contribution in [1.29, 1.82) is 0 Å². The van der Waals surface area contributed by atoms with Crippen LogP contribution in [0.2, 0.25) is 10.0 Å². The monoisotopic (exact) mass is 425 g/mol. The van der Waals surface area contributed by atoms with Gasteiger partial charge in [-0.3, -0.25) is 19.1 Å². The summed E-state index contributed by atoms with van der Waals surface area (Å²) in [5.41, 5.74) is 3.48. The topological polar surface area (TPSA) is 63.5 Å². The van der Waals surface area contributed by atoms with Crippen molar-refractivity contribution in [3.63, 3.8) is 0 Å². The van der Waals surface area contributed by atoms with Crippen molar-refractivity contribution in [2.24, 2.45) is 4.99 Å². The normalized spacial score (nSPS) is 15.9. The molecule has 2 aromatic carbocycles. The Morgan fingerprint density at radius 1 is 1.17 bits per heavy atom. The SMILES string of the molecule is CC(=O)n1ccc(C2=NC(Cc3ccccc3Cl)C(=O)Nc3ccc(Cl)cc32)c1. The number of fused-ring (bicyclic) bond motifs is 1. The molecule has 2 heterocycles. The number of amides is 1. The van der Waals surface area contributed by atoms with Crippen molar-refractivity contribution in [1.82, 2.24) is 4.57 Å². The molecule has 1 unspecified atom stereocenters. The molecule has 5 nitrogen and oxygen atoms in total. The minimum absolute atomic E-state index is 0.112. The number of hydrogen-bond acceptors (Lipinski definition) is 3. The second-order valence-electron chi connectivity index (χ2n) is 6.79. The fourth-order valence-corrected chi connectivity index (χ4v) is 3.68. The van der Waals surface area contributed by atoms with Crippen LogP contribution in [0.5, 0.6) is 0 Å². The molecule has 0 radical (unpaired) electrons. The zero-order valence-corrected chi connectivity index (χ0v) is 17.0. The van der Waals surface area contributed by atoms with Crippen LogP contribution >= 0.6 is 23.2 Å². The number of aliphatic imine (C=N–C) groups is 1. The standard InChI is InChI=1S/C22H17Cl2N3O2/c1-13(28)27-9-8-15(12-27)21-17-11-16(23)6-7-19(17)26-22(29)20(25-21)10-14-4-2-3-5-18(14)24/h2-9,11-12,20H,10H2,1H3,(H,26,29). The third-order valence-electron chi connectivity index (χ3n) is 4.78. The van der Waals surface area contributed by atoms with Gasteiger partial charge in [0, 0.05) is 46.9 Å². The largest absolute Gasteiger partial charge is 0.324 e. The van der Waals surface area contributed by atoms with Gasteiger partial charge in [0.15, 0.2) is 0 Å². The Labute approximate surface area is 178 Å². The minimum atomic E-state index is -0.684. The van der Waals surface area contributed by atoms with Gasteiger partial charge in [0.2, 0.25) is 11.8 Å². The number of carbonyl (C=O) groups excluding carboxylic acids is 2. The Balaban J connectivity index is 1.83. The number of benzene rings is 2. The highest BCUT2D eigenvalue weighted by molar-refractivity contribution is 6.32. The summed E-state index contributed by atoms with van der Waals surface area (Å²) >= 11 is 12.5. The van der Waals surface area contributed by atoms with Gasteiger partial charge in [-0.05, 0) is 35.9 Å². The van der Waals surface area contributed by atoms with Crippen LogP contribution in [-0.2, 0) is 11.2 Å². The highest BCUT2D eigenvalue weighted by Gasteiger charge is 2.27. The number of carbonyl (C=O) groups is 2. The number of nitrogens with one attached hydrogen (secondary N) is 1. The number of halogens is 2. The van der Waals surface area contributed by atoms with E-state index in [1.807, 2.05) is 18.2 Å². The van der Waals surface area contributed by atoms with Gasteiger partial charge >= 0.3 is 0 Å². The van der Waals surface area contributed by atoms with Crippen molar-refractivity contribution < 1.29 is 9.59 Å². The molecule has 146 valence electrons. The van der Waals surface area contributed by atoms with Crippen molar-refractivity contribution >= 4 is 46.4 Å². The van der Waals surface area contributed by atoms with Crippen LogP contribution < -0.4 is 5.32 Å². The summed E-state index contributed by atoms with van der Waals surface area (Å²) in [6, 6.07) is 13.7. The average Bonchev–Trinajstić information content (AvgIpc) is 3.13. The van der Waals surface area contributed by atoms with Gasteiger partial charge in [-0.25, -0.2) is 0 Å². The maximum absolute atomic E-state index is 12.9. The van der Waals surface area contributed by atoms with Gasteiger partial charge in [-0.15, -0.1) is 0 Å². The van der Waals surface area contributed by atoms with E-state index in [-0.39, 0.29) is 11.8 Å². The van der Waals surface area contributed by atoms with Crippen LogP contribution in [0.15, 0.2) is 65.9 Å². The first-order chi connectivity index (χ1) is 13.9. The van der Waals surface area contributed by atoms with Gasteiger partial charge < -0.3 is 5.32 Å². The van der Waals surface area contributed by atoms with Crippen LogP contribution in [0, 0.1) is 0 Å². The highest BCUT2D eigenvalue weighted by Crippen LogP contribution is 2.29. The smallest absolute Gasteiger partial charge is 0.249 e. The van der Waals surface area contributed by atoms with Crippen molar-refractivity contribution in [2.75, 3.05) is 5.32 Å². The Kier molecular flexibility index (Phi) is 5.26. The second kappa shape index (κ2) is 7.85. The third kappa shape index (κ3) is 3.97. The fraction of sp³-hybridized carbons (Fsp3) is 0.136. The molecule has 0 bridgehead atoms. The highest BCUT2D eigenvalue weighted by atomic mass is 35.5. The van der Waals surface area contributed by atoms with E-state index in [1.54, 1.807) is 42.7 Å². The zero-order valence-electron chi connectivity index (χ0n) is 15.5. The third-order valence-corrected chi connectivity index (χ3v) is 5.39. The van der Waals surface area contributed by atoms with E-state index in [9.17, 15) is 9.59 Å². The molecule has 1 aliphatic rings. The number of anilines is 1. The van der Waals surface area contributed by atoms with Crippen LogP contribution in [0.1, 0.15) is 28.4 Å². The molecule has 0 saturated heterocycles. The predicted molar refractivity (Wildman–Crippen MR) is 115 cm³/mol. The van der Waals surface area contributed by atoms with E-state index >= 15 is 0 Å². The van der Waals surface area contributed by atoms with E-state index < -0.39 is 6.04 Å². The molecule has 1 aliphatic heterocycles. The molecule has 0 spiro atoms. The first-order valence-corrected chi connectivity index (χ1v) is 9.79. The Morgan fingerprint density at radius 2 is 1.97 bits per heavy atom. The van der Waals surface area contributed by atoms with E-state index in [0.717, 1.165) is 11.1 Å².